The normalized spacial score (nSPS) is 16.2. The number of nitro groups is 1. The lowest BCUT2D eigenvalue weighted by Gasteiger charge is -2.33. The number of fused-ring (bicyclic) bond motifs is 3. The van der Waals surface area contributed by atoms with Gasteiger partial charge in [0.05, 0.1) is 9.80 Å². The maximum absolute atomic E-state index is 13.2. The molecule has 2 aromatic carbocycles. The third kappa shape index (κ3) is 3.84. The number of para-hydroxylation sites is 1. The van der Waals surface area contributed by atoms with E-state index >= 15 is 0 Å². The van der Waals surface area contributed by atoms with Crippen molar-refractivity contribution in [1.29, 1.82) is 0 Å². The van der Waals surface area contributed by atoms with Crippen LogP contribution in [0.2, 0.25) is 0 Å². The Balaban J connectivity index is 1.32. The summed E-state index contributed by atoms with van der Waals surface area (Å²) in [4.78, 5) is 26.9. The number of hydrogen-bond donors (Lipinski definition) is 0. The van der Waals surface area contributed by atoms with E-state index in [9.17, 15) is 23.3 Å². The summed E-state index contributed by atoms with van der Waals surface area (Å²) in [6.45, 7) is 0.651. The first-order valence-corrected chi connectivity index (χ1v) is 12.9. The highest BCUT2D eigenvalue weighted by Gasteiger charge is 2.35. The fourth-order valence-electron chi connectivity index (χ4n) is 4.43. The van der Waals surface area contributed by atoms with Gasteiger partial charge in [0, 0.05) is 37.1 Å². The van der Waals surface area contributed by atoms with Crippen molar-refractivity contribution >= 4 is 33.0 Å². The van der Waals surface area contributed by atoms with E-state index in [0.29, 0.717) is 4.88 Å². The van der Waals surface area contributed by atoms with Gasteiger partial charge in [0.15, 0.2) is 4.90 Å². The third-order valence-corrected chi connectivity index (χ3v) is 9.30. The molecule has 1 saturated heterocycles. The Morgan fingerprint density at radius 3 is 2.36 bits per heavy atom. The number of aryl methyl sites for hydroxylation is 2. The molecule has 8 nitrogen and oxygen atoms in total. The molecule has 0 atom stereocenters. The Bertz CT molecular complexity index is 1360. The van der Waals surface area contributed by atoms with Crippen LogP contribution in [0.15, 0.2) is 59.5 Å². The summed E-state index contributed by atoms with van der Waals surface area (Å²) in [7, 11) is -4.03. The van der Waals surface area contributed by atoms with Gasteiger partial charge in [-0.25, -0.2) is 8.42 Å². The lowest BCUT2D eigenvalue weighted by atomic mass is 9.91. The SMILES string of the molecule is O=C(c1cc2c(s1)-c1ccccc1CC2)N1CCN(S(=O)(=O)c2ccccc2[N+](=O)[O-])CC1. The maximum Gasteiger partial charge on any atom is 0.289 e. The van der Waals surface area contributed by atoms with Crippen molar-refractivity contribution in [3.05, 3.63) is 80.7 Å². The second kappa shape index (κ2) is 8.36. The number of piperazine rings is 1. The lowest BCUT2D eigenvalue weighted by Crippen LogP contribution is -2.50. The molecule has 0 radical (unpaired) electrons. The molecule has 2 aliphatic rings. The first-order chi connectivity index (χ1) is 15.9. The average Bonchev–Trinajstić information content (AvgIpc) is 3.28. The van der Waals surface area contributed by atoms with E-state index in [4.69, 9.17) is 0 Å². The number of hydrogen-bond acceptors (Lipinski definition) is 6. The Labute approximate surface area is 195 Å². The number of carbonyl (C=O) groups excluding carboxylic acids is 1. The average molecular weight is 484 g/mol. The number of carbonyl (C=O) groups is 1. The van der Waals surface area contributed by atoms with Gasteiger partial charge in [0.25, 0.3) is 11.6 Å². The minimum atomic E-state index is -4.03. The number of thiophene rings is 1. The van der Waals surface area contributed by atoms with Gasteiger partial charge >= 0.3 is 0 Å². The van der Waals surface area contributed by atoms with Crippen LogP contribution >= 0.6 is 11.3 Å². The highest BCUT2D eigenvalue weighted by atomic mass is 32.2. The molecule has 0 unspecified atom stereocenters. The summed E-state index contributed by atoms with van der Waals surface area (Å²) in [5.74, 6) is -0.102. The minimum Gasteiger partial charge on any atom is -0.335 e. The molecule has 2 heterocycles. The summed E-state index contributed by atoms with van der Waals surface area (Å²) in [6, 6.07) is 15.5. The van der Waals surface area contributed by atoms with Gasteiger partial charge < -0.3 is 4.90 Å². The van der Waals surface area contributed by atoms with Gasteiger partial charge in [0.2, 0.25) is 10.0 Å². The summed E-state index contributed by atoms with van der Waals surface area (Å²) >= 11 is 1.49. The fourth-order valence-corrected chi connectivity index (χ4v) is 7.25. The van der Waals surface area contributed by atoms with Crippen LogP contribution in [0, 0.1) is 10.1 Å². The minimum absolute atomic E-state index is 0.0913. The monoisotopic (exact) mass is 483 g/mol. The van der Waals surface area contributed by atoms with Crippen molar-refractivity contribution in [1.82, 2.24) is 9.21 Å². The molecule has 0 bridgehead atoms. The van der Waals surface area contributed by atoms with Crippen molar-refractivity contribution < 1.29 is 18.1 Å². The van der Waals surface area contributed by atoms with E-state index in [1.807, 2.05) is 18.2 Å². The maximum atomic E-state index is 13.2. The quantitative estimate of drug-likeness (QED) is 0.417. The smallest absolute Gasteiger partial charge is 0.289 e. The first-order valence-electron chi connectivity index (χ1n) is 10.6. The van der Waals surface area contributed by atoms with Gasteiger partial charge in [-0.1, -0.05) is 36.4 Å². The number of nitrogens with zero attached hydrogens (tertiary/aromatic N) is 3. The summed E-state index contributed by atoms with van der Waals surface area (Å²) in [6.07, 6.45) is 1.85. The van der Waals surface area contributed by atoms with E-state index in [1.54, 1.807) is 4.90 Å². The van der Waals surface area contributed by atoms with E-state index in [0.717, 1.165) is 17.7 Å². The Hall–Kier alpha value is -3.08. The Morgan fingerprint density at radius 2 is 1.61 bits per heavy atom. The van der Waals surface area contributed by atoms with Crippen LogP contribution in [-0.2, 0) is 22.9 Å². The second-order valence-corrected chi connectivity index (χ2v) is 11.0. The van der Waals surface area contributed by atoms with Gasteiger partial charge in [-0.15, -0.1) is 11.3 Å². The van der Waals surface area contributed by atoms with Crippen LogP contribution in [0.5, 0.6) is 0 Å². The predicted octanol–water partition coefficient (Wildman–Crippen LogP) is 3.57. The molecule has 10 heteroatoms. The highest BCUT2D eigenvalue weighted by molar-refractivity contribution is 7.89. The Morgan fingerprint density at radius 1 is 0.939 bits per heavy atom. The molecule has 0 spiro atoms. The molecule has 1 aromatic heterocycles. The van der Waals surface area contributed by atoms with Crippen LogP contribution in [0.25, 0.3) is 10.4 Å². The van der Waals surface area contributed by atoms with Crippen LogP contribution in [0.3, 0.4) is 0 Å². The Kier molecular flexibility index (Phi) is 5.51. The summed E-state index contributed by atoms with van der Waals surface area (Å²) < 4.78 is 27.3. The first kappa shape index (κ1) is 21.7. The highest BCUT2D eigenvalue weighted by Crippen LogP contribution is 2.40. The van der Waals surface area contributed by atoms with Crippen LogP contribution in [-0.4, -0.2) is 54.6 Å². The molecule has 5 rings (SSSR count). The van der Waals surface area contributed by atoms with Crippen LogP contribution in [0.1, 0.15) is 20.8 Å². The van der Waals surface area contributed by atoms with Crippen LogP contribution in [0.4, 0.5) is 5.69 Å². The molecular formula is C23H21N3O5S2. The van der Waals surface area contributed by atoms with Crippen molar-refractivity contribution in [3.63, 3.8) is 0 Å². The van der Waals surface area contributed by atoms with E-state index in [2.05, 4.69) is 12.1 Å². The summed E-state index contributed by atoms with van der Waals surface area (Å²) in [5.41, 5.74) is 3.21. The van der Waals surface area contributed by atoms with E-state index in [-0.39, 0.29) is 37.0 Å². The van der Waals surface area contributed by atoms with Crippen molar-refractivity contribution in [2.75, 3.05) is 26.2 Å². The van der Waals surface area contributed by atoms with Crippen LogP contribution < -0.4 is 0 Å². The number of benzene rings is 2. The zero-order valence-electron chi connectivity index (χ0n) is 17.6. The topological polar surface area (TPSA) is 101 Å². The van der Waals surface area contributed by atoms with Gasteiger partial charge in [-0.05, 0) is 41.7 Å². The van der Waals surface area contributed by atoms with E-state index in [1.165, 1.54) is 56.6 Å². The standard InChI is InChI=1S/C23H21N3O5S2/c27-23(20-15-17-10-9-16-5-1-2-6-18(16)22(17)32-20)24-11-13-25(14-12-24)33(30,31)21-8-4-3-7-19(21)26(28)29/h1-8,15H,9-14H2. The molecule has 1 aliphatic carbocycles. The molecule has 1 aliphatic heterocycles. The third-order valence-electron chi connectivity index (χ3n) is 6.15. The fraction of sp³-hybridized carbons (Fsp3) is 0.261. The second-order valence-electron chi connectivity index (χ2n) is 8.04. The van der Waals surface area contributed by atoms with Gasteiger partial charge in [0.1, 0.15) is 0 Å². The predicted molar refractivity (Wildman–Crippen MR) is 125 cm³/mol. The zero-order chi connectivity index (χ0) is 23.2. The van der Waals surface area contributed by atoms with Crippen molar-refractivity contribution in [2.24, 2.45) is 0 Å². The molecule has 3 aromatic rings. The van der Waals surface area contributed by atoms with Crippen molar-refractivity contribution in [2.45, 2.75) is 17.7 Å². The molecule has 1 fully saturated rings. The molecule has 1 amide bonds. The van der Waals surface area contributed by atoms with Gasteiger partial charge in [-0.3, -0.25) is 14.9 Å². The number of sulfonamides is 1. The lowest BCUT2D eigenvalue weighted by molar-refractivity contribution is -0.387. The van der Waals surface area contributed by atoms with Gasteiger partial charge in [-0.2, -0.15) is 4.31 Å². The molecule has 0 saturated carbocycles. The largest absolute Gasteiger partial charge is 0.335 e. The molecule has 170 valence electrons. The number of nitro benzene ring substituents is 1. The molecule has 33 heavy (non-hydrogen) atoms. The summed E-state index contributed by atoms with van der Waals surface area (Å²) in [5, 5.41) is 11.3. The molecular weight excluding hydrogens is 462 g/mol. The van der Waals surface area contributed by atoms with Crippen molar-refractivity contribution in [3.8, 4) is 10.4 Å². The number of amides is 1. The number of rotatable bonds is 4. The zero-order valence-corrected chi connectivity index (χ0v) is 19.3. The van der Waals surface area contributed by atoms with E-state index < -0.39 is 20.6 Å². The molecule has 0 N–H and O–H groups in total.